The van der Waals surface area contributed by atoms with Gasteiger partial charge in [-0.2, -0.15) is 0 Å². The first-order valence-electron chi connectivity index (χ1n) is 6.63. The summed E-state index contributed by atoms with van der Waals surface area (Å²) in [7, 11) is 0. The number of hydrogen-bond acceptors (Lipinski definition) is 3. The Hall–Kier alpha value is -1.95. The van der Waals surface area contributed by atoms with Gasteiger partial charge in [0.15, 0.2) is 6.73 Å². The van der Waals surface area contributed by atoms with E-state index >= 15 is 0 Å². The van der Waals surface area contributed by atoms with Crippen molar-refractivity contribution in [2.75, 3.05) is 19.8 Å². The molecule has 7 heteroatoms. The summed E-state index contributed by atoms with van der Waals surface area (Å²) in [5.41, 5.74) is 1.86. The number of nitrogens with one attached hydrogen (secondary N) is 3. The van der Waals surface area contributed by atoms with E-state index < -0.39 is 0 Å². The zero-order chi connectivity index (χ0) is 15.7. The number of amides is 3. The fraction of sp³-hybridized carbons (Fsp3) is 0.429. The molecule has 0 atom stereocenters. The second-order valence-corrected chi connectivity index (χ2v) is 4.90. The Bertz CT molecular complexity index is 471. The summed E-state index contributed by atoms with van der Waals surface area (Å²) in [4.78, 5) is 21.5. The number of urea groups is 1. The molecule has 1 aromatic carbocycles. The number of aryl methyl sites for hydroxylation is 2. The van der Waals surface area contributed by atoms with E-state index in [1.165, 1.54) is 0 Å². The molecule has 0 bridgehead atoms. The van der Waals surface area contributed by atoms with Crippen LogP contribution >= 0.6 is 11.6 Å². The van der Waals surface area contributed by atoms with E-state index in [-0.39, 0.29) is 12.8 Å². The molecule has 21 heavy (non-hydrogen) atoms. The first kappa shape index (κ1) is 17.1. The highest BCUT2D eigenvalue weighted by molar-refractivity contribution is 6.32. The number of hydrogen-bond donors (Lipinski definition) is 3. The minimum Gasteiger partial charge on any atom is -0.473 e. The fourth-order valence-corrected chi connectivity index (χ4v) is 1.80. The monoisotopic (exact) mass is 313 g/mol. The van der Waals surface area contributed by atoms with Gasteiger partial charge in [0.25, 0.3) is 0 Å². The molecule has 1 rings (SSSR count). The summed E-state index contributed by atoms with van der Waals surface area (Å²) in [6.07, 6.45) is 1.30. The minimum absolute atomic E-state index is 0.0684. The maximum Gasteiger partial charge on any atom is 0.317 e. The van der Waals surface area contributed by atoms with Gasteiger partial charge in [-0.15, -0.1) is 0 Å². The minimum atomic E-state index is -0.316. The van der Waals surface area contributed by atoms with Gasteiger partial charge < -0.3 is 20.7 Å². The molecule has 6 nitrogen and oxygen atoms in total. The predicted molar refractivity (Wildman–Crippen MR) is 81.6 cm³/mol. The quantitative estimate of drug-likeness (QED) is 0.388. The molecular weight excluding hydrogens is 294 g/mol. The first-order valence-corrected chi connectivity index (χ1v) is 7.00. The number of benzene rings is 1. The van der Waals surface area contributed by atoms with Gasteiger partial charge in [0.1, 0.15) is 5.75 Å². The van der Waals surface area contributed by atoms with Gasteiger partial charge in [-0.25, -0.2) is 4.79 Å². The number of carbonyl (C=O) groups excluding carboxylic acids is 2. The highest BCUT2D eigenvalue weighted by Crippen LogP contribution is 2.25. The molecule has 116 valence electrons. The third kappa shape index (κ3) is 6.35. The molecule has 1 aromatic rings. The van der Waals surface area contributed by atoms with Gasteiger partial charge in [0.05, 0.1) is 0 Å². The van der Waals surface area contributed by atoms with E-state index in [1.807, 2.05) is 26.0 Å². The lowest BCUT2D eigenvalue weighted by Gasteiger charge is -2.11. The number of ether oxygens (including phenoxy) is 1. The van der Waals surface area contributed by atoms with Crippen LogP contribution in [-0.4, -0.2) is 32.3 Å². The summed E-state index contributed by atoms with van der Waals surface area (Å²) in [5, 5.41) is 8.47. The van der Waals surface area contributed by atoms with Gasteiger partial charge in [0, 0.05) is 18.1 Å². The SMILES string of the molecule is Cc1cc(OCNC(=O)NCCCNC=O)cc(C)c1Cl. The summed E-state index contributed by atoms with van der Waals surface area (Å²) in [5.74, 6) is 0.657. The van der Waals surface area contributed by atoms with Gasteiger partial charge in [0.2, 0.25) is 6.41 Å². The van der Waals surface area contributed by atoms with Crippen LogP contribution in [0, 0.1) is 13.8 Å². The van der Waals surface area contributed by atoms with E-state index in [9.17, 15) is 9.59 Å². The smallest absolute Gasteiger partial charge is 0.317 e. The van der Waals surface area contributed by atoms with E-state index in [0.29, 0.717) is 31.7 Å². The Kier molecular flexibility index (Phi) is 7.39. The maximum atomic E-state index is 11.4. The number of carbonyl (C=O) groups is 2. The molecular formula is C14H20ClN3O3. The molecule has 0 aliphatic heterocycles. The summed E-state index contributed by atoms with van der Waals surface area (Å²) >= 11 is 6.07. The topological polar surface area (TPSA) is 79.5 Å². The standard InChI is InChI=1S/C14H20ClN3O3/c1-10-6-12(7-11(2)13(10)15)21-9-18-14(20)17-5-3-4-16-8-19/h6-8H,3-5,9H2,1-2H3,(H,16,19)(H2,17,18,20). The van der Waals surface area contributed by atoms with E-state index in [1.54, 1.807) is 0 Å². The normalized spacial score (nSPS) is 9.86. The van der Waals surface area contributed by atoms with Crippen LogP contribution in [0.5, 0.6) is 5.75 Å². The summed E-state index contributed by atoms with van der Waals surface area (Å²) < 4.78 is 5.45. The van der Waals surface area contributed by atoms with Crippen molar-refractivity contribution in [1.82, 2.24) is 16.0 Å². The molecule has 0 saturated heterocycles. The van der Waals surface area contributed by atoms with Crippen LogP contribution < -0.4 is 20.7 Å². The van der Waals surface area contributed by atoms with E-state index in [0.717, 1.165) is 16.1 Å². The van der Waals surface area contributed by atoms with Crippen LogP contribution in [0.25, 0.3) is 0 Å². The largest absolute Gasteiger partial charge is 0.473 e. The Labute approximate surface area is 129 Å². The van der Waals surface area contributed by atoms with Crippen molar-refractivity contribution in [2.24, 2.45) is 0 Å². The van der Waals surface area contributed by atoms with Crippen LogP contribution in [0.4, 0.5) is 4.79 Å². The molecule has 3 amide bonds. The molecule has 0 saturated carbocycles. The molecule has 0 heterocycles. The van der Waals surface area contributed by atoms with Crippen molar-refractivity contribution >= 4 is 24.0 Å². The lowest BCUT2D eigenvalue weighted by Crippen LogP contribution is -2.38. The second-order valence-electron chi connectivity index (χ2n) is 4.52. The van der Waals surface area contributed by atoms with E-state index in [2.05, 4.69) is 16.0 Å². The van der Waals surface area contributed by atoms with Crippen molar-refractivity contribution < 1.29 is 14.3 Å². The molecule has 0 unspecified atom stereocenters. The van der Waals surface area contributed by atoms with Gasteiger partial charge >= 0.3 is 6.03 Å². The van der Waals surface area contributed by atoms with E-state index in [4.69, 9.17) is 16.3 Å². The zero-order valence-corrected chi connectivity index (χ0v) is 12.9. The zero-order valence-electron chi connectivity index (χ0n) is 12.2. The van der Waals surface area contributed by atoms with Gasteiger partial charge in [-0.3, -0.25) is 4.79 Å². The highest BCUT2D eigenvalue weighted by atomic mass is 35.5. The lowest BCUT2D eigenvalue weighted by atomic mass is 10.1. The number of rotatable bonds is 8. The maximum absolute atomic E-state index is 11.4. The third-order valence-electron chi connectivity index (χ3n) is 2.75. The highest BCUT2D eigenvalue weighted by Gasteiger charge is 2.04. The van der Waals surface area contributed by atoms with Gasteiger partial charge in [-0.05, 0) is 43.5 Å². The second kappa shape index (κ2) is 9.07. The lowest BCUT2D eigenvalue weighted by molar-refractivity contribution is -0.109. The van der Waals surface area contributed by atoms with Crippen molar-refractivity contribution in [3.63, 3.8) is 0 Å². The first-order chi connectivity index (χ1) is 10.0. The Morgan fingerprint density at radius 2 is 1.90 bits per heavy atom. The average molecular weight is 314 g/mol. The van der Waals surface area contributed by atoms with Gasteiger partial charge in [-0.1, -0.05) is 11.6 Å². The Morgan fingerprint density at radius 3 is 2.52 bits per heavy atom. The Morgan fingerprint density at radius 1 is 1.24 bits per heavy atom. The molecule has 0 aliphatic rings. The Balaban J connectivity index is 2.24. The predicted octanol–water partition coefficient (Wildman–Crippen LogP) is 1.73. The average Bonchev–Trinajstić information content (AvgIpc) is 2.44. The van der Waals surface area contributed by atoms with Crippen molar-refractivity contribution in [2.45, 2.75) is 20.3 Å². The van der Waals surface area contributed by atoms with Crippen molar-refractivity contribution in [1.29, 1.82) is 0 Å². The number of halogens is 1. The van der Waals surface area contributed by atoms with Crippen molar-refractivity contribution in [3.8, 4) is 5.75 Å². The molecule has 0 aromatic heterocycles. The van der Waals surface area contributed by atoms with Crippen molar-refractivity contribution in [3.05, 3.63) is 28.3 Å². The molecule has 3 N–H and O–H groups in total. The molecule has 0 fully saturated rings. The van der Waals surface area contributed by atoms with Crippen LogP contribution in [0.15, 0.2) is 12.1 Å². The molecule has 0 spiro atoms. The van der Waals surface area contributed by atoms with Crippen LogP contribution in [0.3, 0.4) is 0 Å². The molecule has 0 radical (unpaired) electrons. The fourth-order valence-electron chi connectivity index (χ4n) is 1.69. The summed E-state index contributed by atoms with van der Waals surface area (Å²) in [6.45, 7) is 4.87. The van der Waals surface area contributed by atoms with Crippen LogP contribution in [0.1, 0.15) is 17.5 Å². The summed E-state index contributed by atoms with van der Waals surface area (Å²) in [6, 6.07) is 3.32. The van der Waals surface area contributed by atoms with Crippen LogP contribution in [-0.2, 0) is 4.79 Å². The third-order valence-corrected chi connectivity index (χ3v) is 3.34. The molecule has 0 aliphatic carbocycles. The van der Waals surface area contributed by atoms with Crippen LogP contribution in [0.2, 0.25) is 5.02 Å².